The Bertz CT molecular complexity index is 1120. The van der Waals surface area contributed by atoms with Gasteiger partial charge < -0.3 is 24.3 Å². The highest BCUT2D eigenvalue weighted by molar-refractivity contribution is 6.90. The number of ketones is 1. The zero-order valence-electron chi connectivity index (χ0n) is 19.5. The zero-order valence-corrected chi connectivity index (χ0v) is 20.5. The van der Waals surface area contributed by atoms with Crippen LogP contribution < -0.4 is 24.7 Å². The van der Waals surface area contributed by atoms with E-state index < -0.39 is 25.9 Å². The lowest BCUT2D eigenvalue weighted by atomic mass is 10.1. The fourth-order valence-corrected chi connectivity index (χ4v) is 7.27. The number of nitrogens with one attached hydrogen (secondary N) is 1. The maximum Gasteiger partial charge on any atom is 0.289 e. The van der Waals surface area contributed by atoms with E-state index in [1.807, 2.05) is 6.92 Å². The van der Waals surface area contributed by atoms with E-state index in [0.717, 1.165) is 12.0 Å². The van der Waals surface area contributed by atoms with Crippen LogP contribution in [0.3, 0.4) is 0 Å². The van der Waals surface area contributed by atoms with Crippen LogP contribution in [0.2, 0.25) is 19.1 Å². The van der Waals surface area contributed by atoms with Crippen LogP contribution in [0.25, 0.3) is 0 Å². The number of pyridine rings is 1. The van der Waals surface area contributed by atoms with Gasteiger partial charge in [0, 0.05) is 12.3 Å². The predicted octanol–water partition coefficient (Wildman–Crippen LogP) is 3.10. The smallest absolute Gasteiger partial charge is 0.289 e. The maximum absolute atomic E-state index is 12.8. The lowest BCUT2D eigenvalue weighted by Crippen LogP contribution is -2.46. The van der Waals surface area contributed by atoms with Gasteiger partial charge in [-0.1, -0.05) is 36.8 Å². The van der Waals surface area contributed by atoms with Gasteiger partial charge in [0.1, 0.15) is 17.2 Å². The van der Waals surface area contributed by atoms with Gasteiger partial charge in [0.25, 0.3) is 11.9 Å². The van der Waals surface area contributed by atoms with Crippen molar-refractivity contribution in [3.63, 3.8) is 0 Å². The second-order valence-corrected chi connectivity index (χ2v) is 13.7. The average Bonchev–Trinajstić information content (AvgIpc) is 3.14. The second-order valence-electron chi connectivity index (χ2n) is 8.86. The minimum Gasteiger partial charge on any atom is -0.494 e. The summed E-state index contributed by atoms with van der Waals surface area (Å²) in [4.78, 5) is 29.4. The number of aryl methyl sites for hydroxylation is 2. The van der Waals surface area contributed by atoms with Crippen LogP contribution in [0.1, 0.15) is 17.5 Å². The van der Waals surface area contributed by atoms with Gasteiger partial charge in [-0.2, -0.15) is 0 Å². The molecule has 0 fully saturated rings. The Balaban J connectivity index is 1.51. The number of rotatable bonds is 6. The number of ether oxygens (including phenoxy) is 4. The molecule has 2 aromatic rings. The molecule has 1 aromatic carbocycles. The molecule has 33 heavy (non-hydrogen) atoms. The number of methoxy groups -OCH3 is 2. The van der Waals surface area contributed by atoms with Gasteiger partial charge in [-0.25, -0.2) is 4.98 Å². The number of hydrogen-bond donors (Lipinski definition) is 1. The first kappa shape index (κ1) is 22.8. The summed E-state index contributed by atoms with van der Waals surface area (Å²) in [5, 5.41) is 4.00. The molecule has 0 saturated carbocycles. The molecule has 174 valence electrons. The quantitative estimate of drug-likeness (QED) is 0.514. The van der Waals surface area contributed by atoms with Crippen molar-refractivity contribution in [2.45, 2.75) is 45.0 Å². The third-order valence-electron chi connectivity index (χ3n) is 6.12. The van der Waals surface area contributed by atoms with E-state index >= 15 is 0 Å². The van der Waals surface area contributed by atoms with E-state index in [2.05, 4.69) is 35.5 Å². The molecule has 1 aromatic heterocycles. The van der Waals surface area contributed by atoms with Crippen LogP contribution in [0.15, 0.2) is 36.4 Å². The predicted molar refractivity (Wildman–Crippen MR) is 126 cm³/mol. The van der Waals surface area contributed by atoms with Gasteiger partial charge in [0.2, 0.25) is 17.8 Å². The molecule has 4 rings (SSSR count). The molecule has 0 saturated heterocycles. The standard InChI is InChI=1S/C24H28N2O6Si/c1-14-11-15-7-6-10-33(4,5)19(15)13-18(14)31-20-12-16(27)22(32-20)23(28)26-21-17(29-2)8-9-25-24(21)30-3/h8-9,11-13,22H,6-7,10H2,1-5H3,(H,26,28). The second kappa shape index (κ2) is 8.90. The molecular formula is C24H28N2O6Si. The van der Waals surface area contributed by atoms with Crippen molar-refractivity contribution in [1.29, 1.82) is 0 Å². The van der Waals surface area contributed by atoms with Gasteiger partial charge in [-0.15, -0.1) is 0 Å². The summed E-state index contributed by atoms with van der Waals surface area (Å²) in [5.41, 5.74) is 2.57. The minimum atomic E-state index is -1.53. The van der Waals surface area contributed by atoms with Gasteiger partial charge in [-0.05, 0) is 30.5 Å². The normalized spacial score (nSPS) is 18.6. The van der Waals surface area contributed by atoms with E-state index in [9.17, 15) is 9.59 Å². The number of anilines is 1. The Labute approximate surface area is 193 Å². The van der Waals surface area contributed by atoms with Crippen molar-refractivity contribution < 1.29 is 28.5 Å². The molecule has 9 heteroatoms. The highest BCUT2D eigenvalue weighted by Gasteiger charge is 2.37. The number of carbonyl (C=O) groups is 2. The first-order valence-corrected chi connectivity index (χ1v) is 14.1. The summed E-state index contributed by atoms with van der Waals surface area (Å²) in [5.74, 6) is -0.0177. The molecule has 1 atom stereocenters. The van der Waals surface area contributed by atoms with E-state index in [1.165, 1.54) is 49.7 Å². The summed E-state index contributed by atoms with van der Waals surface area (Å²) < 4.78 is 22.0. The molecular weight excluding hydrogens is 440 g/mol. The summed E-state index contributed by atoms with van der Waals surface area (Å²) in [6.07, 6.45) is 3.62. The number of benzene rings is 1. The average molecular weight is 469 g/mol. The Hall–Kier alpha value is -3.33. The van der Waals surface area contributed by atoms with E-state index in [-0.39, 0.29) is 17.5 Å². The van der Waals surface area contributed by atoms with E-state index in [1.54, 1.807) is 6.07 Å². The van der Waals surface area contributed by atoms with Crippen molar-refractivity contribution in [2.75, 3.05) is 19.5 Å². The number of carbonyl (C=O) groups excluding carboxylic acids is 2. The third-order valence-corrected chi connectivity index (χ3v) is 9.65. The van der Waals surface area contributed by atoms with E-state index in [4.69, 9.17) is 18.9 Å². The lowest BCUT2D eigenvalue weighted by Gasteiger charge is -2.31. The fraction of sp³-hybridized carbons (Fsp3) is 0.375. The summed E-state index contributed by atoms with van der Waals surface area (Å²) in [6, 6.07) is 7.07. The van der Waals surface area contributed by atoms with Gasteiger partial charge in [0.05, 0.1) is 28.4 Å². The van der Waals surface area contributed by atoms with Crippen molar-refractivity contribution >= 4 is 30.6 Å². The first-order valence-electron chi connectivity index (χ1n) is 10.9. The molecule has 8 nitrogen and oxygen atoms in total. The van der Waals surface area contributed by atoms with Gasteiger partial charge in [0.15, 0.2) is 0 Å². The molecule has 0 aliphatic carbocycles. The SMILES string of the molecule is COc1ccnc(OC)c1NC(=O)C1OC(Oc2cc3c(cc2C)CCC[Si]3(C)C)=CC1=O. The topological polar surface area (TPSA) is 96.0 Å². The molecule has 2 aliphatic heterocycles. The van der Waals surface area contributed by atoms with Crippen LogP contribution in [0.4, 0.5) is 5.69 Å². The highest BCUT2D eigenvalue weighted by Crippen LogP contribution is 2.33. The fourth-order valence-electron chi connectivity index (χ4n) is 4.35. The first-order chi connectivity index (χ1) is 15.7. The largest absolute Gasteiger partial charge is 0.494 e. The number of amides is 1. The minimum absolute atomic E-state index is 0.00333. The van der Waals surface area contributed by atoms with Crippen molar-refractivity contribution in [2.24, 2.45) is 0 Å². The molecule has 1 amide bonds. The highest BCUT2D eigenvalue weighted by atomic mass is 28.3. The molecule has 0 radical (unpaired) electrons. The third kappa shape index (κ3) is 4.45. The number of fused-ring (bicyclic) bond motifs is 1. The maximum atomic E-state index is 12.8. The summed E-state index contributed by atoms with van der Waals surface area (Å²) in [7, 11) is 1.35. The molecule has 1 N–H and O–H groups in total. The Kier molecular flexibility index (Phi) is 6.16. The monoisotopic (exact) mass is 468 g/mol. The molecule has 2 aliphatic rings. The number of hydrogen-bond acceptors (Lipinski definition) is 7. The summed E-state index contributed by atoms with van der Waals surface area (Å²) >= 11 is 0. The van der Waals surface area contributed by atoms with Crippen LogP contribution in [0, 0.1) is 6.92 Å². The summed E-state index contributed by atoms with van der Waals surface area (Å²) in [6.45, 7) is 6.70. The van der Waals surface area contributed by atoms with Crippen LogP contribution in [-0.4, -0.2) is 45.1 Å². The van der Waals surface area contributed by atoms with Crippen molar-refractivity contribution in [3.8, 4) is 17.4 Å². The zero-order chi connectivity index (χ0) is 23.8. The van der Waals surface area contributed by atoms with Gasteiger partial charge >= 0.3 is 0 Å². The molecule has 3 heterocycles. The van der Waals surface area contributed by atoms with Crippen LogP contribution in [0.5, 0.6) is 17.4 Å². The van der Waals surface area contributed by atoms with E-state index in [0.29, 0.717) is 11.5 Å². The number of aromatic nitrogens is 1. The number of nitrogens with zero attached hydrogens (tertiary/aromatic N) is 1. The van der Waals surface area contributed by atoms with Crippen LogP contribution >= 0.6 is 0 Å². The van der Waals surface area contributed by atoms with Gasteiger partial charge in [-0.3, -0.25) is 9.59 Å². The van der Waals surface area contributed by atoms with Crippen molar-refractivity contribution in [3.05, 3.63) is 47.5 Å². The van der Waals surface area contributed by atoms with Crippen molar-refractivity contribution in [1.82, 2.24) is 4.98 Å². The molecule has 1 unspecified atom stereocenters. The molecule has 0 bridgehead atoms. The Morgan fingerprint density at radius 2 is 2.00 bits per heavy atom. The lowest BCUT2D eigenvalue weighted by molar-refractivity contribution is -0.134. The Morgan fingerprint density at radius 1 is 1.21 bits per heavy atom. The Morgan fingerprint density at radius 3 is 2.73 bits per heavy atom. The molecule has 0 spiro atoms. The van der Waals surface area contributed by atoms with Crippen LogP contribution in [-0.2, 0) is 20.7 Å².